The lowest BCUT2D eigenvalue weighted by atomic mass is 10.2. The van der Waals surface area contributed by atoms with Gasteiger partial charge >= 0.3 is 5.97 Å². The van der Waals surface area contributed by atoms with Crippen molar-refractivity contribution in [1.82, 2.24) is 14.7 Å². The lowest BCUT2D eigenvalue weighted by molar-refractivity contribution is -0.147. The van der Waals surface area contributed by atoms with Crippen LogP contribution in [0.25, 0.3) is 11.8 Å². The van der Waals surface area contributed by atoms with Crippen LogP contribution < -0.4 is 0 Å². The number of hydrogen-bond acceptors (Lipinski definition) is 5. The van der Waals surface area contributed by atoms with Crippen LogP contribution in [0.15, 0.2) is 53.2 Å². The van der Waals surface area contributed by atoms with Gasteiger partial charge < -0.3 is 9.64 Å². The molecule has 0 saturated heterocycles. The number of likely N-dealkylation sites (N-methyl/N-ethyl adjacent to an activating group) is 1. The van der Waals surface area contributed by atoms with Crippen LogP contribution in [0.4, 0.5) is 0 Å². The number of hydrogen-bond donors (Lipinski definition) is 0. The van der Waals surface area contributed by atoms with E-state index in [0.29, 0.717) is 6.54 Å². The summed E-state index contributed by atoms with van der Waals surface area (Å²) in [6, 6.07) is 11.8. The molecule has 2 aromatic heterocycles. The predicted molar refractivity (Wildman–Crippen MR) is 114 cm³/mol. The monoisotopic (exact) mass is 409 g/mol. The second-order valence-corrected chi connectivity index (χ2v) is 7.43. The van der Waals surface area contributed by atoms with E-state index in [1.165, 1.54) is 11.0 Å². The molecule has 0 N–H and O–H groups in total. The van der Waals surface area contributed by atoms with Gasteiger partial charge in [-0.3, -0.25) is 4.79 Å². The highest BCUT2D eigenvalue weighted by molar-refractivity contribution is 7.07. The molecule has 0 spiro atoms. The van der Waals surface area contributed by atoms with E-state index in [4.69, 9.17) is 4.74 Å². The molecule has 0 aliphatic carbocycles. The van der Waals surface area contributed by atoms with Crippen LogP contribution >= 0.6 is 11.3 Å². The number of aryl methyl sites for hydroxylation is 1. The second kappa shape index (κ2) is 9.34. The zero-order valence-corrected chi connectivity index (χ0v) is 17.5. The Hall–Kier alpha value is -3.19. The second-order valence-electron chi connectivity index (χ2n) is 6.65. The van der Waals surface area contributed by atoms with Crippen molar-refractivity contribution >= 4 is 29.3 Å². The molecule has 0 saturated carbocycles. The third-order valence-electron chi connectivity index (χ3n) is 4.50. The summed E-state index contributed by atoms with van der Waals surface area (Å²) < 4.78 is 6.93. The van der Waals surface area contributed by atoms with Gasteiger partial charge in [0, 0.05) is 30.9 Å². The molecule has 0 bridgehead atoms. The molecule has 0 unspecified atom stereocenters. The quantitative estimate of drug-likeness (QED) is 0.440. The Labute approximate surface area is 174 Å². The molecule has 0 aliphatic rings. The Morgan fingerprint density at radius 3 is 2.66 bits per heavy atom. The van der Waals surface area contributed by atoms with Gasteiger partial charge in [-0.2, -0.15) is 16.4 Å². The highest BCUT2D eigenvalue weighted by atomic mass is 32.1. The van der Waals surface area contributed by atoms with Crippen molar-refractivity contribution in [1.29, 1.82) is 0 Å². The number of amides is 1. The summed E-state index contributed by atoms with van der Waals surface area (Å²) in [4.78, 5) is 25.7. The number of carbonyl (C=O) groups excluding carboxylic acids is 2. The minimum absolute atomic E-state index is 0.248. The number of aromatic nitrogens is 2. The fourth-order valence-corrected chi connectivity index (χ4v) is 3.56. The van der Waals surface area contributed by atoms with Crippen LogP contribution in [0.2, 0.25) is 0 Å². The van der Waals surface area contributed by atoms with Crippen LogP contribution in [-0.4, -0.2) is 40.2 Å². The van der Waals surface area contributed by atoms with Crippen LogP contribution in [-0.2, 0) is 20.9 Å². The standard InChI is InChI=1S/C22H23N3O3S/c1-16-20(17(2)25(23-16)19-7-5-4-6-8-19)9-10-22(27)28-14-21(26)24(3)13-18-11-12-29-15-18/h4-12,15H,13-14H2,1-3H3/b10-9+. The number of esters is 1. The summed E-state index contributed by atoms with van der Waals surface area (Å²) in [5, 5.41) is 8.49. The Morgan fingerprint density at radius 2 is 1.97 bits per heavy atom. The summed E-state index contributed by atoms with van der Waals surface area (Å²) in [7, 11) is 1.69. The molecule has 1 aromatic carbocycles. The summed E-state index contributed by atoms with van der Waals surface area (Å²) in [6.07, 6.45) is 3.01. The number of benzene rings is 1. The lowest BCUT2D eigenvalue weighted by Crippen LogP contribution is -2.30. The molecule has 3 aromatic rings. The molecule has 1 amide bonds. The van der Waals surface area contributed by atoms with Gasteiger partial charge in [0.1, 0.15) is 0 Å². The maximum Gasteiger partial charge on any atom is 0.331 e. The van der Waals surface area contributed by atoms with Gasteiger partial charge in [-0.25, -0.2) is 9.48 Å². The van der Waals surface area contributed by atoms with Gasteiger partial charge in [0.2, 0.25) is 0 Å². The summed E-state index contributed by atoms with van der Waals surface area (Å²) >= 11 is 1.58. The van der Waals surface area contributed by atoms with Crippen LogP contribution in [0, 0.1) is 13.8 Å². The average molecular weight is 410 g/mol. The molecule has 3 rings (SSSR count). The maximum absolute atomic E-state index is 12.1. The van der Waals surface area contributed by atoms with E-state index in [1.807, 2.05) is 65.7 Å². The Kier molecular flexibility index (Phi) is 6.61. The van der Waals surface area contributed by atoms with E-state index in [2.05, 4.69) is 5.10 Å². The van der Waals surface area contributed by atoms with E-state index in [1.54, 1.807) is 24.5 Å². The first-order valence-electron chi connectivity index (χ1n) is 9.17. The highest BCUT2D eigenvalue weighted by Gasteiger charge is 2.13. The molecule has 0 radical (unpaired) electrons. The van der Waals surface area contributed by atoms with Gasteiger partial charge in [-0.15, -0.1) is 0 Å². The number of ether oxygens (including phenoxy) is 1. The van der Waals surface area contributed by atoms with Crippen molar-refractivity contribution in [2.75, 3.05) is 13.7 Å². The van der Waals surface area contributed by atoms with E-state index < -0.39 is 5.97 Å². The molecular formula is C22H23N3O3S. The topological polar surface area (TPSA) is 64.4 Å². The van der Waals surface area contributed by atoms with E-state index >= 15 is 0 Å². The van der Waals surface area contributed by atoms with Crippen LogP contribution in [0.5, 0.6) is 0 Å². The van der Waals surface area contributed by atoms with E-state index in [9.17, 15) is 9.59 Å². The first kappa shape index (κ1) is 20.5. The van der Waals surface area contributed by atoms with Crippen molar-refractivity contribution in [3.8, 4) is 5.69 Å². The Balaban J connectivity index is 1.58. The zero-order chi connectivity index (χ0) is 20.8. The van der Waals surface area contributed by atoms with Crippen molar-refractivity contribution in [3.05, 3.63) is 75.7 Å². The predicted octanol–water partition coefficient (Wildman–Crippen LogP) is 3.77. The molecule has 0 aliphatic heterocycles. The van der Waals surface area contributed by atoms with Crippen LogP contribution in [0.3, 0.4) is 0 Å². The van der Waals surface area contributed by atoms with Gasteiger partial charge in [-0.1, -0.05) is 18.2 Å². The smallest absolute Gasteiger partial charge is 0.331 e. The number of carbonyl (C=O) groups is 2. The van der Waals surface area contributed by atoms with Crippen LogP contribution in [0.1, 0.15) is 22.5 Å². The third-order valence-corrected chi connectivity index (χ3v) is 5.23. The first-order valence-corrected chi connectivity index (χ1v) is 10.1. The number of rotatable bonds is 7. The highest BCUT2D eigenvalue weighted by Crippen LogP contribution is 2.19. The molecule has 0 fully saturated rings. The summed E-state index contributed by atoms with van der Waals surface area (Å²) in [5.41, 5.74) is 4.59. The first-order chi connectivity index (χ1) is 14.0. The van der Waals surface area contributed by atoms with Gasteiger partial charge in [0.15, 0.2) is 6.61 Å². The Morgan fingerprint density at radius 1 is 1.21 bits per heavy atom. The SMILES string of the molecule is Cc1nn(-c2ccccc2)c(C)c1/C=C/C(=O)OCC(=O)N(C)Cc1ccsc1. The van der Waals surface area contributed by atoms with Gasteiger partial charge in [-0.05, 0) is 54.4 Å². The molecule has 150 valence electrons. The third kappa shape index (κ3) is 5.20. The lowest BCUT2D eigenvalue weighted by Gasteiger charge is -2.15. The molecule has 6 nitrogen and oxygen atoms in total. The van der Waals surface area contributed by atoms with E-state index in [0.717, 1.165) is 28.2 Å². The maximum atomic E-state index is 12.1. The average Bonchev–Trinajstić information content (AvgIpc) is 3.33. The molecule has 29 heavy (non-hydrogen) atoms. The number of para-hydroxylation sites is 1. The van der Waals surface area contributed by atoms with Gasteiger partial charge in [0.05, 0.1) is 11.4 Å². The molecule has 7 heteroatoms. The minimum Gasteiger partial charge on any atom is -0.452 e. The van der Waals surface area contributed by atoms with Crippen molar-refractivity contribution < 1.29 is 14.3 Å². The molecule has 0 atom stereocenters. The number of thiophene rings is 1. The fraction of sp³-hybridized carbons (Fsp3) is 0.227. The fourth-order valence-electron chi connectivity index (χ4n) is 2.90. The minimum atomic E-state index is -0.562. The van der Waals surface area contributed by atoms with Crippen molar-refractivity contribution in [2.24, 2.45) is 0 Å². The normalized spacial score (nSPS) is 11.0. The molecule has 2 heterocycles. The van der Waals surface area contributed by atoms with Gasteiger partial charge in [0.25, 0.3) is 5.91 Å². The zero-order valence-electron chi connectivity index (χ0n) is 16.7. The Bertz CT molecular complexity index is 1010. The van der Waals surface area contributed by atoms with Crippen molar-refractivity contribution in [2.45, 2.75) is 20.4 Å². The summed E-state index contributed by atoms with van der Waals surface area (Å²) in [6.45, 7) is 4.04. The van der Waals surface area contributed by atoms with Crippen molar-refractivity contribution in [3.63, 3.8) is 0 Å². The largest absolute Gasteiger partial charge is 0.452 e. The summed E-state index contributed by atoms with van der Waals surface area (Å²) in [5.74, 6) is -0.809. The number of nitrogens with zero attached hydrogens (tertiary/aromatic N) is 3. The molecular weight excluding hydrogens is 386 g/mol. The van der Waals surface area contributed by atoms with E-state index in [-0.39, 0.29) is 12.5 Å².